The first-order chi connectivity index (χ1) is 8.03. The van der Waals surface area contributed by atoms with Gasteiger partial charge in [-0.3, -0.25) is 0 Å². The number of hydrogen-bond donors (Lipinski definition) is 1. The van der Waals surface area contributed by atoms with Gasteiger partial charge in [-0.1, -0.05) is 18.2 Å². The molecule has 1 fully saturated rings. The summed E-state index contributed by atoms with van der Waals surface area (Å²) in [7, 11) is 0. The first-order valence-corrected chi connectivity index (χ1v) is 5.30. The van der Waals surface area contributed by atoms with Crippen LogP contribution in [0.25, 0.3) is 0 Å². The number of halogens is 1. The largest absolute Gasteiger partial charge is 0.478 e. The van der Waals surface area contributed by atoms with Crippen LogP contribution in [0.5, 0.6) is 0 Å². The summed E-state index contributed by atoms with van der Waals surface area (Å²) in [5.41, 5.74) is 1.02. The van der Waals surface area contributed by atoms with Crippen molar-refractivity contribution in [1.82, 2.24) is 0 Å². The maximum Gasteiger partial charge on any atom is 0.328 e. The highest BCUT2D eigenvalue weighted by Crippen LogP contribution is 2.34. The number of ether oxygens (including phenoxy) is 1. The first kappa shape index (κ1) is 11.8. The van der Waals surface area contributed by atoms with Crippen molar-refractivity contribution in [3.05, 3.63) is 47.3 Å². The van der Waals surface area contributed by atoms with Crippen molar-refractivity contribution in [1.29, 1.82) is 0 Å². The third-order valence-electron chi connectivity index (χ3n) is 3.00. The molecule has 2 rings (SSSR count). The topological polar surface area (TPSA) is 46.5 Å². The van der Waals surface area contributed by atoms with Gasteiger partial charge in [0.25, 0.3) is 0 Å². The minimum absolute atomic E-state index is 0.258. The van der Waals surface area contributed by atoms with E-state index in [2.05, 4.69) is 0 Å². The number of aryl methyl sites for hydroxylation is 1. The van der Waals surface area contributed by atoms with Gasteiger partial charge in [0.1, 0.15) is 5.82 Å². The van der Waals surface area contributed by atoms with Gasteiger partial charge < -0.3 is 9.84 Å². The molecule has 0 unspecified atom stereocenters. The summed E-state index contributed by atoms with van der Waals surface area (Å²) in [5, 5.41) is 8.65. The van der Waals surface area contributed by atoms with Crippen molar-refractivity contribution >= 4 is 5.97 Å². The molecule has 0 spiro atoms. The van der Waals surface area contributed by atoms with Crippen LogP contribution >= 0.6 is 0 Å². The van der Waals surface area contributed by atoms with E-state index < -0.39 is 11.4 Å². The zero-order chi connectivity index (χ0) is 12.5. The maximum atomic E-state index is 13.2. The molecule has 90 valence electrons. The summed E-state index contributed by atoms with van der Waals surface area (Å²) in [5.74, 6) is -1.25. The Labute approximate surface area is 98.5 Å². The normalized spacial score (nSPS) is 18.0. The van der Waals surface area contributed by atoms with Gasteiger partial charge in [0, 0.05) is 6.08 Å². The van der Waals surface area contributed by atoms with Crippen molar-refractivity contribution in [2.24, 2.45) is 0 Å². The molecule has 1 heterocycles. The van der Waals surface area contributed by atoms with Crippen LogP contribution in [-0.2, 0) is 14.9 Å². The van der Waals surface area contributed by atoms with Crippen LogP contribution in [0.1, 0.15) is 11.1 Å². The van der Waals surface area contributed by atoms with Crippen LogP contribution in [0.2, 0.25) is 0 Å². The van der Waals surface area contributed by atoms with E-state index in [4.69, 9.17) is 9.84 Å². The van der Waals surface area contributed by atoms with Crippen LogP contribution < -0.4 is 0 Å². The summed E-state index contributed by atoms with van der Waals surface area (Å²) in [4.78, 5) is 10.6. The van der Waals surface area contributed by atoms with E-state index in [0.717, 1.165) is 11.6 Å². The number of carbonyl (C=O) groups is 1. The zero-order valence-corrected chi connectivity index (χ0v) is 9.44. The highest BCUT2D eigenvalue weighted by molar-refractivity contribution is 5.80. The molecule has 0 aliphatic carbocycles. The minimum atomic E-state index is -0.991. The lowest BCUT2D eigenvalue weighted by atomic mass is 9.78. The Kier molecular flexibility index (Phi) is 2.98. The zero-order valence-electron chi connectivity index (χ0n) is 9.44. The molecule has 0 atom stereocenters. The Hall–Kier alpha value is -1.68. The van der Waals surface area contributed by atoms with E-state index in [1.54, 1.807) is 25.1 Å². The Morgan fingerprint density at radius 2 is 2.24 bits per heavy atom. The van der Waals surface area contributed by atoms with E-state index in [-0.39, 0.29) is 5.82 Å². The van der Waals surface area contributed by atoms with Gasteiger partial charge in [-0.25, -0.2) is 9.18 Å². The standard InChI is InChI=1S/C13H13FO3/c1-9-6-10(2-3-11(9)14)13(7-17-8-13)5-4-12(15)16/h2-6H,7-8H2,1H3,(H,15,16)/b5-4+. The van der Waals surface area contributed by atoms with Crippen LogP contribution in [0.15, 0.2) is 30.4 Å². The number of rotatable bonds is 3. The summed E-state index contributed by atoms with van der Waals surface area (Å²) in [6, 6.07) is 4.82. The molecular formula is C13H13FO3. The quantitative estimate of drug-likeness (QED) is 0.817. The second kappa shape index (κ2) is 4.30. The fraction of sp³-hybridized carbons (Fsp3) is 0.308. The van der Waals surface area contributed by atoms with Crippen molar-refractivity contribution in [2.75, 3.05) is 13.2 Å². The molecule has 4 heteroatoms. The molecule has 3 nitrogen and oxygen atoms in total. The molecule has 0 saturated carbocycles. The monoisotopic (exact) mass is 236 g/mol. The van der Waals surface area contributed by atoms with E-state index in [0.29, 0.717) is 18.8 Å². The SMILES string of the molecule is Cc1cc(C2(/C=C/C(=O)O)COC2)ccc1F. The molecule has 0 aromatic heterocycles. The first-order valence-electron chi connectivity index (χ1n) is 5.30. The molecule has 0 bridgehead atoms. The molecule has 1 aromatic rings. The van der Waals surface area contributed by atoms with E-state index in [9.17, 15) is 9.18 Å². The summed E-state index contributed by atoms with van der Waals surface area (Å²) >= 11 is 0. The number of carboxylic acids is 1. The molecule has 0 amide bonds. The predicted octanol–water partition coefficient (Wildman–Crippen LogP) is 2.04. The van der Waals surface area contributed by atoms with Gasteiger partial charge >= 0.3 is 5.97 Å². The Balaban J connectivity index is 2.34. The van der Waals surface area contributed by atoms with Gasteiger partial charge in [0.2, 0.25) is 0 Å². The molecule has 1 N–H and O–H groups in total. The van der Waals surface area contributed by atoms with Gasteiger partial charge in [0.15, 0.2) is 0 Å². The molecule has 1 saturated heterocycles. The summed E-state index contributed by atoms with van der Waals surface area (Å²) < 4.78 is 18.3. The highest BCUT2D eigenvalue weighted by Gasteiger charge is 2.38. The van der Waals surface area contributed by atoms with Crippen molar-refractivity contribution in [2.45, 2.75) is 12.3 Å². The fourth-order valence-electron chi connectivity index (χ4n) is 1.87. The average molecular weight is 236 g/mol. The summed E-state index contributed by atoms with van der Waals surface area (Å²) in [6.45, 7) is 2.55. The highest BCUT2D eigenvalue weighted by atomic mass is 19.1. The Morgan fingerprint density at radius 3 is 2.71 bits per heavy atom. The third kappa shape index (κ3) is 2.22. The molecule has 1 aliphatic heterocycles. The lowest BCUT2D eigenvalue weighted by Gasteiger charge is -2.39. The molecule has 0 radical (unpaired) electrons. The van der Waals surface area contributed by atoms with Gasteiger partial charge in [-0.2, -0.15) is 0 Å². The number of hydrogen-bond acceptors (Lipinski definition) is 2. The molecular weight excluding hydrogens is 223 g/mol. The van der Waals surface area contributed by atoms with Gasteiger partial charge in [0.05, 0.1) is 18.6 Å². The molecule has 17 heavy (non-hydrogen) atoms. The average Bonchev–Trinajstić information content (AvgIpc) is 2.21. The smallest absolute Gasteiger partial charge is 0.328 e. The van der Waals surface area contributed by atoms with Gasteiger partial charge in [-0.15, -0.1) is 0 Å². The minimum Gasteiger partial charge on any atom is -0.478 e. The second-order valence-corrected chi connectivity index (χ2v) is 4.28. The van der Waals surface area contributed by atoms with Crippen molar-refractivity contribution < 1.29 is 19.0 Å². The Morgan fingerprint density at radius 1 is 1.53 bits per heavy atom. The summed E-state index contributed by atoms with van der Waals surface area (Å²) in [6.07, 6.45) is 2.73. The number of benzene rings is 1. The molecule has 1 aromatic carbocycles. The predicted molar refractivity (Wildman–Crippen MR) is 60.4 cm³/mol. The Bertz CT molecular complexity index is 476. The van der Waals surface area contributed by atoms with Crippen molar-refractivity contribution in [3.8, 4) is 0 Å². The van der Waals surface area contributed by atoms with Gasteiger partial charge in [-0.05, 0) is 24.1 Å². The van der Waals surface area contributed by atoms with Crippen LogP contribution in [0, 0.1) is 12.7 Å². The van der Waals surface area contributed by atoms with E-state index in [1.165, 1.54) is 6.07 Å². The lowest BCUT2D eigenvalue weighted by Crippen LogP contribution is -2.45. The number of carboxylic acid groups (broad SMARTS) is 1. The van der Waals surface area contributed by atoms with Crippen LogP contribution in [-0.4, -0.2) is 24.3 Å². The van der Waals surface area contributed by atoms with Crippen LogP contribution in [0.3, 0.4) is 0 Å². The molecule has 1 aliphatic rings. The lowest BCUT2D eigenvalue weighted by molar-refractivity contribution is -0.131. The second-order valence-electron chi connectivity index (χ2n) is 4.28. The third-order valence-corrected chi connectivity index (χ3v) is 3.00. The maximum absolute atomic E-state index is 13.2. The van der Waals surface area contributed by atoms with E-state index >= 15 is 0 Å². The fourth-order valence-corrected chi connectivity index (χ4v) is 1.87. The number of aliphatic carboxylic acids is 1. The van der Waals surface area contributed by atoms with Crippen LogP contribution in [0.4, 0.5) is 4.39 Å². The van der Waals surface area contributed by atoms with Crippen molar-refractivity contribution in [3.63, 3.8) is 0 Å². The van der Waals surface area contributed by atoms with E-state index in [1.807, 2.05) is 0 Å².